The molecule has 0 spiro atoms. The zero-order valence-corrected chi connectivity index (χ0v) is 13.1. The maximum Gasteiger partial charge on any atom is 2.00 e. The first kappa shape index (κ1) is 17.8. The Labute approximate surface area is 121 Å². The zero-order valence-electron chi connectivity index (χ0n) is 10.1. The van der Waals surface area contributed by atoms with Gasteiger partial charge in [-0.15, -0.1) is 0 Å². The predicted molar refractivity (Wildman–Crippen MR) is 64.4 cm³/mol. The normalized spacial score (nSPS) is 12.3. The van der Waals surface area contributed by atoms with Gasteiger partial charge in [0, 0.05) is 0 Å². The van der Waals surface area contributed by atoms with Crippen LogP contribution in [0.5, 0.6) is 0 Å². The average molecular weight is 280 g/mol. The second kappa shape index (κ2) is 7.69. The molecule has 2 heteroatoms. The van der Waals surface area contributed by atoms with Gasteiger partial charge in [0.1, 0.15) is 0 Å². The molecule has 1 atom stereocenters. The average Bonchev–Trinajstić information content (AvgIpc) is 2.18. The van der Waals surface area contributed by atoms with E-state index in [-0.39, 0.29) is 45.4 Å². The summed E-state index contributed by atoms with van der Waals surface area (Å²) in [6, 6.07) is 10.7. The van der Waals surface area contributed by atoms with Crippen LogP contribution in [0.15, 0.2) is 30.3 Å². The van der Waals surface area contributed by atoms with Crippen LogP contribution in [0, 0.1) is 12.3 Å². The summed E-state index contributed by atoms with van der Waals surface area (Å²) >= 11 is 0. The summed E-state index contributed by atoms with van der Waals surface area (Å²) in [5, 5.41) is 0. The van der Waals surface area contributed by atoms with Crippen LogP contribution in [-0.4, -0.2) is 23.1 Å². The molecule has 0 aromatic heterocycles. The van der Waals surface area contributed by atoms with E-state index in [9.17, 15) is 0 Å². The standard InChI is InChI=1S/C13H19.BrH.Mg/c1-5-11(2)13(3,4)12-9-7-6-8-10-12;;/h5-11H,1-4H3;1H;/q-1;;+2/p-1. The molecule has 0 saturated heterocycles. The number of hydrogen-bond donors (Lipinski definition) is 0. The summed E-state index contributed by atoms with van der Waals surface area (Å²) in [6.07, 6.45) is 2.27. The van der Waals surface area contributed by atoms with Crippen molar-refractivity contribution in [3.8, 4) is 0 Å². The van der Waals surface area contributed by atoms with Crippen LogP contribution in [0.3, 0.4) is 0 Å². The summed E-state index contributed by atoms with van der Waals surface area (Å²) in [4.78, 5) is 0. The first-order chi connectivity index (χ1) is 6.09. The Kier molecular flexibility index (Phi) is 9.15. The van der Waals surface area contributed by atoms with Crippen molar-refractivity contribution < 1.29 is 17.0 Å². The summed E-state index contributed by atoms with van der Waals surface area (Å²) in [6.45, 7) is 9.00. The molecular weight excluding hydrogens is 260 g/mol. The smallest absolute Gasteiger partial charge is 1.00 e. The van der Waals surface area contributed by atoms with Gasteiger partial charge in [0.15, 0.2) is 0 Å². The first-order valence-corrected chi connectivity index (χ1v) is 4.94. The van der Waals surface area contributed by atoms with E-state index in [0.29, 0.717) is 5.92 Å². The van der Waals surface area contributed by atoms with Crippen LogP contribution in [0.4, 0.5) is 0 Å². The molecule has 0 aliphatic rings. The molecule has 0 radical (unpaired) electrons. The van der Waals surface area contributed by atoms with E-state index >= 15 is 0 Å². The van der Waals surface area contributed by atoms with Crippen molar-refractivity contribution >= 4 is 23.1 Å². The third kappa shape index (κ3) is 4.45. The molecule has 15 heavy (non-hydrogen) atoms. The summed E-state index contributed by atoms with van der Waals surface area (Å²) < 4.78 is 0. The predicted octanol–water partition coefficient (Wildman–Crippen LogP) is 0.448. The second-order valence-corrected chi connectivity index (χ2v) is 4.21. The molecule has 1 rings (SSSR count). The molecule has 0 amide bonds. The summed E-state index contributed by atoms with van der Waals surface area (Å²) in [5.41, 5.74) is 1.66. The Morgan fingerprint density at radius 1 is 1.13 bits per heavy atom. The molecule has 0 saturated carbocycles. The molecule has 80 valence electrons. The van der Waals surface area contributed by atoms with E-state index < -0.39 is 0 Å². The number of benzene rings is 1. The molecule has 0 N–H and O–H groups in total. The van der Waals surface area contributed by atoms with Gasteiger partial charge in [0.25, 0.3) is 0 Å². The van der Waals surface area contributed by atoms with E-state index in [1.54, 1.807) is 0 Å². The third-order valence-electron chi connectivity index (χ3n) is 3.16. The Morgan fingerprint density at radius 3 is 2.00 bits per heavy atom. The Bertz CT molecular complexity index is 256. The van der Waals surface area contributed by atoms with Crippen LogP contribution in [0.2, 0.25) is 0 Å². The van der Waals surface area contributed by atoms with Gasteiger partial charge in [-0.1, -0.05) is 51.1 Å². The third-order valence-corrected chi connectivity index (χ3v) is 3.16. The SMILES string of the molecule is C[CH-]C(C)C(C)(C)c1ccccc1.[Br-].[Mg+2]. The van der Waals surface area contributed by atoms with Gasteiger partial charge in [-0.2, -0.15) is 12.8 Å². The van der Waals surface area contributed by atoms with Gasteiger partial charge in [-0.3, -0.25) is 0 Å². The van der Waals surface area contributed by atoms with Crippen LogP contribution in [0.25, 0.3) is 0 Å². The fourth-order valence-corrected chi connectivity index (χ4v) is 1.55. The minimum absolute atomic E-state index is 0. The quantitative estimate of drug-likeness (QED) is 0.557. The van der Waals surface area contributed by atoms with Gasteiger partial charge in [-0.05, 0) is 11.0 Å². The molecule has 0 aliphatic carbocycles. The van der Waals surface area contributed by atoms with Crippen LogP contribution >= 0.6 is 0 Å². The van der Waals surface area contributed by atoms with Crippen molar-refractivity contribution in [1.29, 1.82) is 0 Å². The van der Waals surface area contributed by atoms with Gasteiger partial charge in [0.05, 0.1) is 0 Å². The topological polar surface area (TPSA) is 0 Å². The molecule has 0 nitrogen and oxygen atoms in total. The van der Waals surface area contributed by atoms with Gasteiger partial charge < -0.3 is 23.4 Å². The number of hydrogen-bond acceptors (Lipinski definition) is 0. The summed E-state index contributed by atoms with van der Waals surface area (Å²) in [7, 11) is 0. The van der Waals surface area contributed by atoms with E-state index in [4.69, 9.17) is 0 Å². The molecule has 0 fully saturated rings. The fraction of sp³-hybridized carbons (Fsp3) is 0.462. The fourth-order valence-electron chi connectivity index (χ4n) is 1.55. The molecule has 1 aromatic carbocycles. The molecule has 1 aromatic rings. The van der Waals surface area contributed by atoms with Crippen molar-refractivity contribution in [3.63, 3.8) is 0 Å². The van der Waals surface area contributed by atoms with Crippen LogP contribution < -0.4 is 17.0 Å². The van der Waals surface area contributed by atoms with Crippen molar-refractivity contribution in [2.75, 3.05) is 0 Å². The minimum atomic E-state index is 0. The number of rotatable bonds is 3. The van der Waals surface area contributed by atoms with Gasteiger partial charge >= 0.3 is 23.1 Å². The van der Waals surface area contributed by atoms with Crippen LogP contribution in [0.1, 0.15) is 33.3 Å². The largest absolute Gasteiger partial charge is 2.00 e. The van der Waals surface area contributed by atoms with Crippen molar-refractivity contribution in [2.45, 2.75) is 33.1 Å². The molecule has 0 aliphatic heterocycles. The molecule has 0 heterocycles. The maximum absolute atomic E-state index is 2.30. The first-order valence-electron chi connectivity index (χ1n) is 4.94. The van der Waals surface area contributed by atoms with E-state index in [0.717, 1.165) is 0 Å². The Balaban J connectivity index is 0. The monoisotopic (exact) mass is 278 g/mol. The van der Waals surface area contributed by atoms with Gasteiger partial charge in [-0.25, -0.2) is 0 Å². The van der Waals surface area contributed by atoms with Crippen molar-refractivity contribution in [2.24, 2.45) is 5.92 Å². The molecule has 0 bridgehead atoms. The molecule has 1 unspecified atom stereocenters. The van der Waals surface area contributed by atoms with Crippen molar-refractivity contribution in [3.05, 3.63) is 42.3 Å². The van der Waals surface area contributed by atoms with E-state index in [2.05, 4.69) is 64.4 Å². The molecular formula is C13H19BrMg. The van der Waals surface area contributed by atoms with E-state index in [1.807, 2.05) is 0 Å². The number of halogens is 1. The second-order valence-electron chi connectivity index (χ2n) is 4.21. The Hall–Kier alpha value is 0.466. The summed E-state index contributed by atoms with van der Waals surface area (Å²) in [5.74, 6) is 0.606. The van der Waals surface area contributed by atoms with Gasteiger partial charge in [0.2, 0.25) is 0 Å². The van der Waals surface area contributed by atoms with Crippen molar-refractivity contribution in [1.82, 2.24) is 0 Å². The zero-order chi connectivity index (χ0) is 9.90. The Morgan fingerprint density at radius 2 is 1.60 bits per heavy atom. The van der Waals surface area contributed by atoms with E-state index in [1.165, 1.54) is 5.56 Å². The maximum atomic E-state index is 2.30. The van der Waals surface area contributed by atoms with Crippen LogP contribution in [-0.2, 0) is 5.41 Å². The minimum Gasteiger partial charge on any atom is -1.00 e.